The summed E-state index contributed by atoms with van der Waals surface area (Å²) in [6, 6.07) is 10.6. The standard InChI is InChI=1S/C17H20NS/c19-12-18(16-4-2-1-3-5-16)17-9-13-6-14(10-17)8-15(7-13)11-17/h1-5,13-15H,6-11H2. The Morgan fingerprint density at radius 3 is 1.95 bits per heavy atom. The number of rotatable bonds is 3. The Hall–Kier alpha value is -0.890. The summed E-state index contributed by atoms with van der Waals surface area (Å²) in [5.41, 5.74) is 4.62. The number of hydrogen-bond donors (Lipinski definition) is 0. The number of benzene rings is 1. The molecule has 1 radical (unpaired) electrons. The minimum Gasteiger partial charge on any atom is -0.324 e. The number of thiocarbonyl (C=S) groups is 1. The van der Waals surface area contributed by atoms with Crippen molar-refractivity contribution >= 4 is 23.4 Å². The molecule has 0 spiro atoms. The Labute approximate surface area is 121 Å². The zero-order valence-electron chi connectivity index (χ0n) is 11.2. The average molecular weight is 270 g/mol. The van der Waals surface area contributed by atoms with E-state index in [2.05, 4.69) is 40.7 Å². The predicted octanol–water partition coefficient (Wildman–Crippen LogP) is 4.30. The molecule has 4 fully saturated rings. The van der Waals surface area contributed by atoms with Crippen molar-refractivity contribution < 1.29 is 0 Å². The highest BCUT2D eigenvalue weighted by Crippen LogP contribution is 2.58. The van der Waals surface area contributed by atoms with E-state index >= 15 is 0 Å². The number of anilines is 1. The summed E-state index contributed by atoms with van der Waals surface area (Å²) in [4.78, 5) is 2.31. The van der Waals surface area contributed by atoms with Crippen molar-refractivity contribution in [3.05, 3.63) is 30.3 Å². The molecule has 4 aliphatic rings. The Kier molecular flexibility index (Phi) is 2.70. The van der Waals surface area contributed by atoms with Gasteiger partial charge in [0.2, 0.25) is 0 Å². The van der Waals surface area contributed by atoms with Crippen LogP contribution in [0.2, 0.25) is 0 Å². The lowest BCUT2D eigenvalue weighted by molar-refractivity contribution is 0.00246. The normalized spacial score (nSPS) is 39.3. The van der Waals surface area contributed by atoms with Crippen LogP contribution in [-0.2, 0) is 0 Å². The molecule has 19 heavy (non-hydrogen) atoms. The van der Waals surface area contributed by atoms with Gasteiger partial charge in [-0.1, -0.05) is 30.4 Å². The second-order valence-corrected chi connectivity index (χ2v) is 7.09. The second kappa shape index (κ2) is 4.31. The van der Waals surface area contributed by atoms with E-state index < -0.39 is 0 Å². The molecule has 5 rings (SSSR count). The Bertz CT molecular complexity index is 446. The van der Waals surface area contributed by atoms with Gasteiger partial charge in [-0.25, -0.2) is 0 Å². The lowest BCUT2D eigenvalue weighted by Crippen LogP contribution is -2.59. The largest absolute Gasteiger partial charge is 0.324 e. The first-order valence-electron chi connectivity index (χ1n) is 7.52. The molecule has 4 saturated carbocycles. The van der Waals surface area contributed by atoms with Crippen LogP contribution in [0.25, 0.3) is 0 Å². The zero-order chi connectivity index (χ0) is 12.9. The summed E-state index contributed by atoms with van der Waals surface area (Å²) in [6.07, 6.45) is 8.41. The SMILES string of the molecule is S=[C]N(c1ccccc1)C12CC3CC(CC(C3)C1)C2. The monoisotopic (exact) mass is 270 g/mol. The predicted molar refractivity (Wildman–Crippen MR) is 82.4 cm³/mol. The van der Waals surface area contributed by atoms with Crippen LogP contribution in [0, 0.1) is 17.8 Å². The highest BCUT2D eigenvalue weighted by Gasteiger charge is 2.53. The molecule has 0 aromatic heterocycles. The van der Waals surface area contributed by atoms with Crippen LogP contribution in [0.3, 0.4) is 0 Å². The molecule has 2 heteroatoms. The molecule has 0 aliphatic heterocycles. The molecule has 0 atom stereocenters. The molecule has 1 nitrogen and oxygen atoms in total. The highest BCUT2D eigenvalue weighted by molar-refractivity contribution is 7.79. The first kappa shape index (κ1) is 11.9. The average Bonchev–Trinajstić information content (AvgIpc) is 2.38. The van der Waals surface area contributed by atoms with Gasteiger partial charge in [-0.05, 0) is 68.4 Å². The summed E-state index contributed by atoms with van der Waals surface area (Å²) >= 11 is 5.27. The molecule has 1 aromatic rings. The van der Waals surface area contributed by atoms with E-state index in [9.17, 15) is 0 Å². The Morgan fingerprint density at radius 1 is 0.947 bits per heavy atom. The third kappa shape index (κ3) is 1.84. The van der Waals surface area contributed by atoms with Crippen molar-refractivity contribution in [2.45, 2.75) is 44.1 Å². The van der Waals surface area contributed by atoms with Gasteiger partial charge < -0.3 is 4.90 Å². The summed E-state index contributed by atoms with van der Waals surface area (Å²) in [5, 5.41) is 0. The van der Waals surface area contributed by atoms with E-state index in [4.69, 9.17) is 12.2 Å². The van der Waals surface area contributed by atoms with Gasteiger partial charge >= 0.3 is 0 Å². The minimum absolute atomic E-state index is 0.290. The van der Waals surface area contributed by atoms with Crippen LogP contribution in [-0.4, -0.2) is 11.0 Å². The van der Waals surface area contributed by atoms with Crippen LogP contribution < -0.4 is 4.90 Å². The van der Waals surface area contributed by atoms with Gasteiger partial charge in [0.25, 0.3) is 0 Å². The smallest absolute Gasteiger partial charge is 0.142 e. The molecule has 1 aromatic carbocycles. The maximum absolute atomic E-state index is 5.27. The van der Waals surface area contributed by atoms with Crippen LogP contribution in [0.5, 0.6) is 0 Å². The van der Waals surface area contributed by atoms with Gasteiger partial charge in [0.1, 0.15) is 5.49 Å². The third-order valence-electron chi connectivity index (χ3n) is 5.59. The van der Waals surface area contributed by atoms with Crippen molar-refractivity contribution in [3.8, 4) is 0 Å². The first-order valence-corrected chi connectivity index (χ1v) is 7.93. The highest BCUT2D eigenvalue weighted by atomic mass is 32.1. The maximum atomic E-state index is 5.27. The quantitative estimate of drug-likeness (QED) is 0.595. The maximum Gasteiger partial charge on any atom is 0.142 e. The summed E-state index contributed by atoms with van der Waals surface area (Å²) < 4.78 is 0. The first-order chi connectivity index (χ1) is 9.29. The van der Waals surface area contributed by atoms with Crippen LogP contribution in [0.15, 0.2) is 30.3 Å². The van der Waals surface area contributed by atoms with E-state index in [1.54, 1.807) is 0 Å². The molecule has 0 heterocycles. The molecule has 0 amide bonds. The lowest BCUT2D eigenvalue weighted by Gasteiger charge is -2.60. The second-order valence-electron chi connectivity index (χ2n) is 6.90. The zero-order valence-corrected chi connectivity index (χ0v) is 12.0. The molecular formula is C17H20NS. The van der Waals surface area contributed by atoms with Crippen LogP contribution >= 0.6 is 12.2 Å². The fourth-order valence-electron chi connectivity index (χ4n) is 5.34. The van der Waals surface area contributed by atoms with Gasteiger partial charge in [0.15, 0.2) is 0 Å². The molecular weight excluding hydrogens is 250 g/mol. The molecule has 4 aliphatic carbocycles. The van der Waals surface area contributed by atoms with E-state index in [-0.39, 0.29) is 5.54 Å². The van der Waals surface area contributed by atoms with Gasteiger partial charge in [0, 0.05) is 11.2 Å². The summed E-state index contributed by atoms with van der Waals surface area (Å²) in [6.45, 7) is 0. The number of para-hydroxylation sites is 1. The molecule has 0 saturated heterocycles. The number of hydrogen-bond acceptors (Lipinski definition) is 1. The van der Waals surface area contributed by atoms with Gasteiger partial charge in [-0.3, -0.25) is 0 Å². The molecule has 99 valence electrons. The van der Waals surface area contributed by atoms with E-state index in [1.807, 2.05) is 0 Å². The van der Waals surface area contributed by atoms with Crippen molar-refractivity contribution in [3.63, 3.8) is 0 Å². The van der Waals surface area contributed by atoms with Gasteiger partial charge in [-0.2, -0.15) is 0 Å². The Morgan fingerprint density at radius 2 is 1.47 bits per heavy atom. The minimum atomic E-state index is 0.290. The molecule has 0 unspecified atom stereocenters. The van der Waals surface area contributed by atoms with Crippen molar-refractivity contribution in [2.24, 2.45) is 17.8 Å². The fourth-order valence-corrected chi connectivity index (χ4v) is 5.64. The van der Waals surface area contributed by atoms with E-state index in [0.717, 1.165) is 17.8 Å². The molecule has 0 N–H and O–H groups in total. The fraction of sp³-hybridized carbons (Fsp3) is 0.588. The van der Waals surface area contributed by atoms with Gasteiger partial charge in [0.05, 0.1) is 0 Å². The van der Waals surface area contributed by atoms with Crippen molar-refractivity contribution in [1.29, 1.82) is 0 Å². The van der Waals surface area contributed by atoms with Crippen LogP contribution in [0.1, 0.15) is 38.5 Å². The van der Waals surface area contributed by atoms with Crippen LogP contribution in [0.4, 0.5) is 5.69 Å². The summed E-state index contributed by atoms with van der Waals surface area (Å²) in [7, 11) is 0. The topological polar surface area (TPSA) is 3.24 Å². The molecule has 4 bridgehead atoms. The van der Waals surface area contributed by atoms with E-state index in [1.165, 1.54) is 44.2 Å². The Balaban J connectivity index is 1.72. The van der Waals surface area contributed by atoms with Crippen molar-refractivity contribution in [2.75, 3.05) is 4.90 Å². The van der Waals surface area contributed by atoms with Gasteiger partial charge in [-0.15, -0.1) is 0 Å². The summed E-state index contributed by atoms with van der Waals surface area (Å²) in [5.74, 6) is 2.84. The van der Waals surface area contributed by atoms with Crippen molar-refractivity contribution in [1.82, 2.24) is 0 Å². The third-order valence-corrected chi connectivity index (χ3v) is 5.77. The lowest BCUT2D eigenvalue weighted by atomic mass is 9.52. The van der Waals surface area contributed by atoms with E-state index in [0.29, 0.717) is 0 Å². The number of nitrogens with zero attached hydrogens (tertiary/aromatic N) is 1.